The Bertz CT molecular complexity index is 832. The lowest BCUT2D eigenvalue weighted by molar-refractivity contribution is -0.142. The Kier molecular flexibility index (Phi) is 7.63. The van der Waals surface area contributed by atoms with Crippen LogP contribution in [0.2, 0.25) is 0 Å². The molecule has 0 heterocycles. The van der Waals surface area contributed by atoms with Crippen LogP contribution in [0.25, 0.3) is 0 Å². The normalized spacial score (nSPS) is 11.0. The third-order valence-electron chi connectivity index (χ3n) is 3.49. The lowest BCUT2D eigenvalue weighted by Crippen LogP contribution is -2.31. The highest BCUT2D eigenvalue weighted by molar-refractivity contribution is 7.89. The lowest BCUT2D eigenvalue weighted by Gasteiger charge is -2.09. The van der Waals surface area contributed by atoms with Gasteiger partial charge in [-0.3, -0.25) is 4.79 Å². The molecule has 0 aliphatic carbocycles. The van der Waals surface area contributed by atoms with Crippen molar-refractivity contribution in [1.82, 2.24) is 4.72 Å². The molecule has 0 aromatic heterocycles. The molecule has 7 nitrogen and oxygen atoms in total. The molecule has 0 bridgehead atoms. The highest BCUT2D eigenvalue weighted by Crippen LogP contribution is 2.15. The van der Waals surface area contributed by atoms with E-state index in [1.165, 1.54) is 12.1 Å². The molecular formula is C19H23NO6S. The second-order valence-electron chi connectivity index (χ2n) is 5.61. The van der Waals surface area contributed by atoms with E-state index in [0.717, 1.165) is 5.56 Å². The molecule has 0 aliphatic rings. The molecule has 0 saturated carbocycles. The molecule has 0 unspecified atom stereocenters. The Morgan fingerprint density at radius 1 is 0.926 bits per heavy atom. The van der Waals surface area contributed by atoms with Crippen molar-refractivity contribution in [2.24, 2.45) is 0 Å². The van der Waals surface area contributed by atoms with Gasteiger partial charge in [-0.25, -0.2) is 8.42 Å². The van der Waals surface area contributed by atoms with Gasteiger partial charge >= 0.3 is 5.97 Å². The third kappa shape index (κ3) is 6.92. The van der Waals surface area contributed by atoms with Crippen LogP contribution in [0.15, 0.2) is 53.4 Å². The van der Waals surface area contributed by atoms with Crippen LogP contribution in [-0.2, 0) is 19.6 Å². The molecule has 0 atom stereocenters. The Labute approximate surface area is 159 Å². The number of aryl methyl sites for hydroxylation is 1. The molecule has 146 valence electrons. The van der Waals surface area contributed by atoms with Crippen LogP contribution in [0.5, 0.6) is 11.5 Å². The van der Waals surface area contributed by atoms with E-state index in [1.807, 2.05) is 38.1 Å². The number of ether oxygens (including phenoxy) is 3. The molecule has 0 aliphatic heterocycles. The Morgan fingerprint density at radius 3 is 2.15 bits per heavy atom. The first-order chi connectivity index (χ1) is 12.9. The fraction of sp³-hybridized carbons (Fsp3) is 0.316. The number of carbonyl (C=O) groups is 1. The van der Waals surface area contributed by atoms with Gasteiger partial charge in [0.25, 0.3) is 0 Å². The Morgan fingerprint density at radius 2 is 1.52 bits per heavy atom. The maximum atomic E-state index is 12.2. The van der Waals surface area contributed by atoms with E-state index in [4.69, 9.17) is 14.2 Å². The first-order valence-electron chi connectivity index (χ1n) is 8.48. The first-order valence-corrected chi connectivity index (χ1v) is 9.96. The van der Waals surface area contributed by atoms with Crippen LogP contribution in [0.1, 0.15) is 12.5 Å². The van der Waals surface area contributed by atoms with Gasteiger partial charge < -0.3 is 14.2 Å². The van der Waals surface area contributed by atoms with Gasteiger partial charge in [-0.1, -0.05) is 17.7 Å². The van der Waals surface area contributed by atoms with Crippen molar-refractivity contribution < 1.29 is 27.4 Å². The van der Waals surface area contributed by atoms with Gasteiger partial charge in [0, 0.05) is 0 Å². The fourth-order valence-electron chi connectivity index (χ4n) is 2.12. The minimum atomic E-state index is -3.80. The topological polar surface area (TPSA) is 90.9 Å². The second kappa shape index (κ2) is 9.94. The first kappa shape index (κ1) is 20.7. The Hall–Kier alpha value is -2.58. The third-order valence-corrected chi connectivity index (χ3v) is 4.90. The maximum absolute atomic E-state index is 12.2. The highest BCUT2D eigenvalue weighted by atomic mass is 32.2. The summed E-state index contributed by atoms with van der Waals surface area (Å²) in [6.45, 7) is 4.05. The number of hydrogen-bond donors (Lipinski definition) is 1. The predicted molar refractivity (Wildman–Crippen MR) is 100 cm³/mol. The summed E-state index contributed by atoms with van der Waals surface area (Å²) in [7, 11) is -3.80. The minimum Gasteiger partial charge on any atom is -0.494 e. The van der Waals surface area contributed by atoms with Crippen molar-refractivity contribution in [3.05, 3.63) is 54.1 Å². The average Bonchev–Trinajstić information content (AvgIpc) is 2.66. The number of rotatable bonds is 10. The molecule has 1 N–H and O–H groups in total. The number of carbonyl (C=O) groups excluding carboxylic acids is 1. The summed E-state index contributed by atoms with van der Waals surface area (Å²) in [6, 6.07) is 13.4. The van der Waals surface area contributed by atoms with Crippen LogP contribution in [0, 0.1) is 6.92 Å². The van der Waals surface area contributed by atoms with Crippen LogP contribution in [0.4, 0.5) is 0 Å². The summed E-state index contributed by atoms with van der Waals surface area (Å²) >= 11 is 0. The van der Waals surface area contributed by atoms with Gasteiger partial charge in [0.05, 0.1) is 11.5 Å². The highest BCUT2D eigenvalue weighted by Gasteiger charge is 2.16. The van der Waals surface area contributed by atoms with E-state index >= 15 is 0 Å². The molecule has 2 aromatic carbocycles. The quantitative estimate of drug-likeness (QED) is 0.492. The fourth-order valence-corrected chi connectivity index (χ4v) is 3.09. The summed E-state index contributed by atoms with van der Waals surface area (Å²) in [5.74, 6) is 0.564. The van der Waals surface area contributed by atoms with E-state index in [9.17, 15) is 13.2 Å². The zero-order valence-corrected chi connectivity index (χ0v) is 16.1. The van der Waals surface area contributed by atoms with Crippen molar-refractivity contribution in [3.8, 4) is 11.5 Å². The summed E-state index contributed by atoms with van der Waals surface area (Å²) in [5.41, 5.74) is 1.12. The van der Waals surface area contributed by atoms with Gasteiger partial charge in [-0.2, -0.15) is 4.72 Å². The molecule has 8 heteroatoms. The molecular weight excluding hydrogens is 370 g/mol. The van der Waals surface area contributed by atoms with E-state index < -0.39 is 22.5 Å². The standard InChI is InChI=1S/C19H23NO6S/c1-3-24-16-8-10-18(11-9-16)27(22,23)20-14-19(21)26-13-12-25-17-6-4-15(2)5-7-17/h4-11,20H,3,12-14H2,1-2H3. The SMILES string of the molecule is CCOc1ccc(S(=O)(=O)NCC(=O)OCCOc2ccc(C)cc2)cc1. The number of esters is 1. The summed E-state index contributed by atoms with van der Waals surface area (Å²) < 4.78 is 42.2. The zero-order valence-electron chi connectivity index (χ0n) is 15.3. The molecule has 2 aromatic rings. The van der Waals surface area contributed by atoms with Crippen LogP contribution >= 0.6 is 0 Å². The van der Waals surface area contributed by atoms with Crippen LogP contribution < -0.4 is 14.2 Å². The molecule has 0 radical (unpaired) electrons. The molecule has 0 spiro atoms. The maximum Gasteiger partial charge on any atom is 0.321 e. The number of sulfonamides is 1. The van der Waals surface area contributed by atoms with Crippen molar-refractivity contribution in [2.45, 2.75) is 18.7 Å². The monoisotopic (exact) mass is 393 g/mol. The average molecular weight is 393 g/mol. The van der Waals surface area contributed by atoms with Crippen molar-refractivity contribution in [3.63, 3.8) is 0 Å². The second-order valence-corrected chi connectivity index (χ2v) is 7.38. The summed E-state index contributed by atoms with van der Waals surface area (Å²) in [6.07, 6.45) is 0. The van der Waals surface area contributed by atoms with E-state index in [1.54, 1.807) is 12.1 Å². The van der Waals surface area contributed by atoms with E-state index in [2.05, 4.69) is 4.72 Å². The molecule has 27 heavy (non-hydrogen) atoms. The predicted octanol–water partition coefficient (Wildman–Crippen LogP) is 2.29. The van der Waals surface area contributed by atoms with Gasteiger partial charge in [0.15, 0.2) is 0 Å². The smallest absolute Gasteiger partial charge is 0.321 e. The summed E-state index contributed by atoms with van der Waals surface area (Å²) in [5, 5.41) is 0. The van der Waals surface area contributed by atoms with Crippen molar-refractivity contribution in [2.75, 3.05) is 26.4 Å². The molecule has 0 saturated heterocycles. The largest absolute Gasteiger partial charge is 0.494 e. The van der Waals surface area contributed by atoms with Gasteiger partial charge in [0.2, 0.25) is 10.0 Å². The van der Waals surface area contributed by atoms with Crippen molar-refractivity contribution >= 4 is 16.0 Å². The Balaban J connectivity index is 1.72. The van der Waals surface area contributed by atoms with Crippen LogP contribution in [-0.4, -0.2) is 40.8 Å². The van der Waals surface area contributed by atoms with Crippen molar-refractivity contribution in [1.29, 1.82) is 0 Å². The summed E-state index contributed by atoms with van der Waals surface area (Å²) in [4.78, 5) is 11.7. The molecule has 0 fully saturated rings. The van der Waals surface area contributed by atoms with Crippen LogP contribution in [0.3, 0.4) is 0 Å². The van der Waals surface area contributed by atoms with E-state index in [0.29, 0.717) is 18.1 Å². The van der Waals surface area contributed by atoms with Gasteiger partial charge in [-0.05, 0) is 50.2 Å². The molecule has 0 amide bonds. The van der Waals surface area contributed by atoms with E-state index in [-0.39, 0.29) is 18.1 Å². The lowest BCUT2D eigenvalue weighted by atomic mass is 10.2. The number of benzene rings is 2. The van der Waals surface area contributed by atoms with Gasteiger partial charge in [-0.15, -0.1) is 0 Å². The van der Waals surface area contributed by atoms with Gasteiger partial charge in [0.1, 0.15) is 31.3 Å². The molecule has 2 rings (SSSR count). The number of nitrogens with one attached hydrogen (secondary N) is 1. The number of hydrogen-bond acceptors (Lipinski definition) is 6. The minimum absolute atomic E-state index is 0.0253. The zero-order chi connectivity index (χ0) is 19.7.